The molecule has 4 nitrogen and oxygen atoms in total. The lowest BCUT2D eigenvalue weighted by molar-refractivity contribution is -0.141. The molecule has 29 heavy (non-hydrogen) atoms. The van der Waals surface area contributed by atoms with Crippen LogP contribution in [0.4, 0.5) is 0 Å². The summed E-state index contributed by atoms with van der Waals surface area (Å²) < 4.78 is 0. The van der Waals surface area contributed by atoms with E-state index in [9.17, 15) is 9.59 Å². The van der Waals surface area contributed by atoms with Gasteiger partial charge < -0.3 is 10.2 Å². The molecule has 2 amide bonds. The van der Waals surface area contributed by atoms with E-state index in [1.54, 1.807) is 4.90 Å². The van der Waals surface area contributed by atoms with E-state index < -0.39 is 6.04 Å². The first kappa shape index (κ1) is 22.7. The standard InChI is InChI=1S/C25H34N2O2/c1-4-6-18-26-25(29)23(5-2)27(19-22-10-8-7-9-11-22)24(28)17-16-21-14-12-20(3)13-15-21/h7-15,23H,4-6,16-19H2,1-3H3,(H,26,29). The van der Waals surface area contributed by atoms with Crippen LogP contribution in [0.5, 0.6) is 0 Å². The minimum atomic E-state index is -0.447. The van der Waals surface area contributed by atoms with Crippen molar-refractivity contribution in [1.29, 1.82) is 0 Å². The van der Waals surface area contributed by atoms with Gasteiger partial charge in [-0.3, -0.25) is 9.59 Å². The van der Waals surface area contributed by atoms with Crippen LogP contribution >= 0.6 is 0 Å². The second-order valence-electron chi connectivity index (χ2n) is 7.56. The predicted molar refractivity (Wildman–Crippen MR) is 118 cm³/mol. The smallest absolute Gasteiger partial charge is 0.242 e. The largest absolute Gasteiger partial charge is 0.354 e. The number of rotatable bonds is 11. The molecule has 0 saturated carbocycles. The highest BCUT2D eigenvalue weighted by atomic mass is 16.2. The normalized spacial score (nSPS) is 11.7. The fourth-order valence-corrected chi connectivity index (χ4v) is 3.36. The van der Waals surface area contributed by atoms with E-state index >= 15 is 0 Å². The molecular weight excluding hydrogens is 360 g/mol. The molecule has 0 aliphatic heterocycles. The van der Waals surface area contributed by atoms with Crippen molar-refractivity contribution in [3.05, 3.63) is 71.3 Å². The first-order valence-corrected chi connectivity index (χ1v) is 10.7. The maximum Gasteiger partial charge on any atom is 0.242 e. The third-order valence-corrected chi connectivity index (χ3v) is 5.16. The second-order valence-corrected chi connectivity index (χ2v) is 7.56. The van der Waals surface area contributed by atoms with Crippen LogP contribution in [0.1, 0.15) is 56.2 Å². The Morgan fingerprint density at radius 2 is 1.66 bits per heavy atom. The van der Waals surface area contributed by atoms with E-state index in [1.165, 1.54) is 5.56 Å². The van der Waals surface area contributed by atoms with Gasteiger partial charge in [0.2, 0.25) is 11.8 Å². The lowest BCUT2D eigenvalue weighted by Gasteiger charge is -2.31. The molecule has 4 heteroatoms. The number of benzene rings is 2. The molecule has 2 aromatic rings. The van der Waals surface area contributed by atoms with E-state index in [4.69, 9.17) is 0 Å². The Labute approximate surface area is 175 Å². The van der Waals surface area contributed by atoms with Crippen molar-refractivity contribution in [3.63, 3.8) is 0 Å². The summed E-state index contributed by atoms with van der Waals surface area (Å²) in [5.74, 6) is -0.0347. The summed E-state index contributed by atoms with van der Waals surface area (Å²) in [5.41, 5.74) is 3.39. The topological polar surface area (TPSA) is 49.4 Å². The maximum absolute atomic E-state index is 13.2. The van der Waals surface area contributed by atoms with Crippen LogP contribution in [0.3, 0.4) is 0 Å². The molecule has 1 unspecified atom stereocenters. The van der Waals surface area contributed by atoms with Gasteiger partial charge in [-0.15, -0.1) is 0 Å². The highest BCUT2D eigenvalue weighted by Gasteiger charge is 2.28. The van der Waals surface area contributed by atoms with Crippen LogP contribution in [0.15, 0.2) is 54.6 Å². The van der Waals surface area contributed by atoms with Gasteiger partial charge in [0.15, 0.2) is 0 Å². The van der Waals surface area contributed by atoms with Gasteiger partial charge in [-0.2, -0.15) is 0 Å². The molecular formula is C25H34N2O2. The number of carbonyl (C=O) groups excluding carboxylic acids is 2. The number of carbonyl (C=O) groups is 2. The molecule has 0 aliphatic carbocycles. The first-order chi connectivity index (χ1) is 14.0. The van der Waals surface area contributed by atoms with E-state index in [0.29, 0.717) is 32.4 Å². The fraction of sp³-hybridized carbons (Fsp3) is 0.440. The highest BCUT2D eigenvalue weighted by Crippen LogP contribution is 2.15. The van der Waals surface area contributed by atoms with Crippen LogP contribution in [0.2, 0.25) is 0 Å². The van der Waals surface area contributed by atoms with E-state index in [2.05, 4.69) is 43.4 Å². The van der Waals surface area contributed by atoms with Gasteiger partial charge in [0.05, 0.1) is 0 Å². The molecule has 2 aromatic carbocycles. The molecule has 0 radical (unpaired) electrons. The van der Waals surface area contributed by atoms with Crippen molar-refractivity contribution in [2.45, 2.75) is 65.5 Å². The number of hydrogen-bond donors (Lipinski definition) is 1. The van der Waals surface area contributed by atoms with Gasteiger partial charge in [-0.25, -0.2) is 0 Å². The molecule has 0 aromatic heterocycles. The number of nitrogens with one attached hydrogen (secondary N) is 1. The Balaban J connectivity index is 2.12. The second kappa shape index (κ2) is 12.1. The molecule has 156 valence electrons. The molecule has 0 heterocycles. The molecule has 0 bridgehead atoms. The molecule has 0 saturated heterocycles. The van der Waals surface area contributed by atoms with Gasteiger partial charge in [0.25, 0.3) is 0 Å². The lowest BCUT2D eigenvalue weighted by atomic mass is 10.0. The Hall–Kier alpha value is -2.62. The number of unbranched alkanes of at least 4 members (excludes halogenated alkanes) is 1. The number of hydrogen-bond acceptors (Lipinski definition) is 2. The SMILES string of the molecule is CCCCNC(=O)C(CC)N(Cc1ccccc1)C(=O)CCc1ccc(C)cc1. The minimum absolute atomic E-state index is 0.0203. The monoisotopic (exact) mass is 394 g/mol. The van der Waals surface area contributed by atoms with Crippen molar-refractivity contribution in [3.8, 4) is 0 Å². The summed E-state index contributed by atoms with van der Waals surface area (Å²) in [7, 11) is 0. The summed E-state index contributed by atoms with van der Waals surface area (Å²) in [6, 6.07) is 17.7. The highest BCUT2D eigenvalue weighted by molar-refractivity contribution is 5.87. The van der Waals surface area contributed by atoms with Gasteiger partial charge in [0, 0.05) is 19.5 Å². The van der Waals surface area contributed by atoms with Gasteiger partial charge >= 0.3 is 0 Å². The first-order valence-electron chi connectivity index (χ1n) is 10.7. The van der Waals surface area contributed by atoms with Crippen molar-refractivity contribution < 1.29 is 9.59 Å². The van der Waals surface area contributed by atoms with E-state index in [-0.39, 0.29) is 11.8 Å². The van der Waals surface area contributed by atoms with Gasteiger partial charge in [-0.05, 0) is 37.3 Å². The summed E-state index contributed by atoms with van der Waals surface area (Å²) in [6.07, 6.45) is 3.65. The Kier molecular flexibility index (Phi) is 9.42. The molecule has 1 atom stereocenters. The predicted octanol–water partition coefficient (Wildman–Crippen LogP) is 4.65. The number of amides is 2. The van der Waals surface area contributed by atoms with Crippen molar-refractivity contribution >= 4 is 11.8 Å². The quantitative estimate of drug-likeness (QED) is 0.564. The Morgan fingerprint density at radius 3 is 2.28 bits per heavy atom. The minimum Gasteiger partial charge on any atom is -0.354 e. The van der Waals surface area contributed by atoms with E-state index in [0.717, 1.165) is 24.0 Å². The van der Waals surface area contributed by atoms with Crippen LogP contribution in [-0.4, -0.2) is 29.3 Å². The Morgan fingerprint density at radius 1 is 0.966 bits per heavy atom. The maximum atomic E-state index is 13.2. The number of aryl methyl sites for hydroxylation is 2. The third-order valence-electron chi connectivity index (χ3n) is 5.16. The molecule has 0 spiro atoms. The molecule has 0 aliphatic rings. The van der Waals surface area contributed by atoms with Crippen LogP contribution in [-0.2, 0) is 22.6 Å². The van der Waals surface area contributed by atoms with Gasteiger partial charge in [0.1, 0.15) is 6.04 Å². The fourth-order valence-electron chi connectivity index (χ4n) is 3.36. The zero-order valence-electron chi connectivity index (χ0n) is 18.0. The van der Waals surface area contributed by atoms with Gasteiger partial charge in [-0.1, -0.05) is 80.4 Å². The summed E-state index contributed by atoms with van der Waals surface area (Å²) in [5, 5.41) is 3.00. The number of nitrogens with zero attached hydrogens (tertiary/aromatic N) is 1. The van der Waals surface area contributed by atoms with Crippen LogP contribution in [0, 0.1) is 6.92 Å². The van der Waals surface area contributed by atoms with Crippen molar-refractivity contribution in [1.82, 2.24) is 10.2 Å². The van der Waals surface area contributed by atoms with Crippen molar-refractivity contribution in [2.24, 2.45) is 0 Å². The summed E-state index contributed by atoms with van der Waals surface area (Å²) >= 11 is 0. The summed E-state index contributed by atoms with van der Waals surface area (Å²) in [6.45, 7) is 7.23. The molecule has 1 N–H and O–H groups in total. The van der Waals surface area contributed by atoms with E-state index in [1.807, 2.05) is 37.3 Å². The Bertz CT molecular complexity index is 756. The van der Waals surface area contributed by atoms with Crippen LogP contribution < -0.4 is 5.32 Å². The average Bonchev–Trinajstić information content (AvgIpc) is 2.74. The lowest BCUT2D eigenvalue weighted by Crippen LogP contribution is -2.49. The zero-order chi connectivity index (χ0) is 21.1. The zero-order valence-corrected chi connectivity index (χ0v) is 18.0. The molecule has 2 rings (SSSR count). The van der Waals surface area contributed by atoms with Crippen molar-refractivity contribution in [2.75, 3.05) is 6.54 Å². The molecule has 0 fully saturated rings. The summed E-state index contributed by atoms with van der Waals surface area (Å²) in [4.78, 5) is 27.7. The third kappa shape index (κ3) is 7.37. The average molecular weight is 395 g/mol. The van der Waals surface area contributed by atoms with Crippen LogP contribution in [0.25, 0.3) is 0 Å².